The maximum absolute atomic E-state index is 11.4. The molecule has 1 N–H and O–H groups in total. The molecular weight excluding hydrogens is 326 g/mol. The van der Waals surface area contributed by atoms with Gasteiger partial charge in [0.05, 0.1) is 16.4 Å². The van der Waals surface area contributed by atoms with Gasteiger partial charge in [-0.05, 0) is 35.0 Å². The molecule has 3 nitrogen and oxygen atoms in total. The first-order chi connectivity index (χ1) is 7.04. The smallest absolute Gasteiger partial charge is 0.237 e. The third kappa shape index (κ3) is 3.50. The molecule has 0 aliphatic heterocycles. The second-order valence-electron chi connectivity index (χ2n) is 2.95. The van der Waals surface area contributed by atoms with Crippen molar-refractivity contribution in [2.24, 2.45) is 0 Å². The largest absolute Gasteiger partial charge is 0.495 e. The average molecular weight is 337 g/mol. The summed E-state index contributed by atoms with van der Waals surface area (Å²) in [7, 11) is 1.58. The third-order valence-electron chi connectivity index (χ3n) is 1.78. The summed E-state index contributed by atoms with van der Waals surface area (Å²) < 4.78 is 5.97. The number of hydrogen-bond donors (Lipinski definition) is 1. The van der Waals surface area contributed by atoms with E-state index < -0.39 is 0 Å². The molecule has 1 aromatic carbocycles. The van der Waals surface area contributed by atoms with Crippen LogP contribution in [0.3, 0.4) is 0 Å². The number of amides is 1. The molecule has 82 valence electrons. The summed E-state index contributed by atoms with van der Waals surface area (Å²) in [5, 5.41) is 2.76. The summed E-state index contributed by atoms with van der Waals surface area (Å²) in [6, 6.07) is 5.39. The minimum Gasteiger partial charge on any atom is -0.495 e. The molecule has 15 heavy (non-hydrogen) atoms. The van der Waals surface area contributed by atoms with Crippen molar-refractivity contribution in [3.8, 4) is 5.75 Å². The zero-order valence-corrected chi connectivity index (χ0v) is 11.6. The number of carbonyl (C=O) groups is 1. The third-order valence-corrected chi connectivity index (χ3v) is 2.85. The van der Waals surface area contributed by atoms with Gasteiger partial charge in [-0.15, -0.1) is 0 Å². The summed E-state index contributed by atoms with van der Waals surface area (Å²) in [5.74, 6) is 0.606. The Kier molecular flexibility index (Phi) is 4.60. The molecule has 1 aromatic rings. The van der Waals surface area contributed by atoms with Gasteiger partial charge in [0.2, 0.25) is 5.91 Å². The minimum absolute atomic E-state index is 0.0839. The fraction of sp³-hybridized carbons (Fsp3) is 0.300. The molecular formula is C10H11Br2NO2. The monoisotopic (exact) mass is 335 g/mol. The molecule has 0 bridgehead atoms. The molecule has 1 unspecified atom stereocenters. The fourth-order valence-electron chi connectivity index (χ4n) is 0.979. The maximum atomic E-state index is 11.4. The van der Waals surface area contributed by atoms with Crippen molar-refractivity contribution in [2.45, 2.75) is 11.8 Å². The lowest BCUT2D eigenvalue weighted by molar-refractivity contribution is -0.115. The van der Waals surface area contributed by atoms with Gasteiger partial charge in [0, 0.05) is 11.8 Å². The van der Waals surface area contributed by atoms with Crippen LogP contribution in [0.1, 0.15) is 6.92 Å². The molecule has 0 fully saturated rings. The molecule has 0 aliphatic rings. The molecule has 5 heteroatoms. The minimum atomic E-state index is -0.216. The number of anilines is 1. The van der Waals surface area contributed by atoms with E-state index in [-0.39, 0.29) is 10.7 Å². The number of methoxy groups -OCH3 is 1. The Balaban J connectivity index is 2.83. The quantitative estimate of drug-likeness (QED) is 0.861. The van der Waals surface area contributed by atoms with Crippen LogP contribution in [0.25, 0.3) is 0 Å². The van der Waals surface area contributed by atoms with Crippen LogP contribution in [0.4, 0.5) is 5.69 Å². The molecule has 0 saturated heterocycles. The first-order valence-corrected chi connectivity index (χ1v) is 6.04. The first kappa shape index (κ1) is 12.5. The predicted octanol–water partition coefficient (Wildman–Crippen LogP) is 3.18. The van der Waals surface area contributed by atoms with Gasteiger partial charge >= 0.3 is 0 Å². The number of rotatable bonds is 3. The summed E-state index contributed by atoms with van der Waals surface area (Å²) >= 11 is 6.53. The van der Waals surface area contributed by atoms with Crippen molar-refractivity contribution in [1.29, 1.82) is 0 Å². The predicted molar refractivity (Wildman–Crippen MR) is 67.7 cm³/mol. The number of ether oxygens (including phenoxy) is 1. The Bertz CT molecular complexity index is 366. The molecule has 0 radical (unpaired) electrons. The van der Waals surface area contributed by atoms with E-state index in [2.05, 4.69) is 37.2 Å². The number of alkyl halides is 1. The van der Waals surface area contributed by atoms with Gasteiger partial charge in [-0.1, -0.05) is 15.9 Å². The van der Waals surface area contributed by atoms with E-state index in [1.165, 1.54) is 0 Å². The molecule has 0 aromatic heterocycles. The highest BCUT2D eigenvalue weighted by Crippen LogP contribution is 2.27. The highest BCUT2D eigenvalue weighted by molar-refractivity contribution is 9.10. The Morgan fingerprint density at radius 1 is 1.53 bits per heavy atom. The van der Waals surface area contributed by atoms with E-state index in [9.17, 15) is 4.79 Å². The SMILES string of the molecule is COc1cc(NC(=O)C(C)Br)ccc1Br. The number of carbonyl (C=O) groups excluding carboxylic acids is 1. The average Bonchev–Trinajstić information content (AvgIpc) is 2.20. The Hall–Kier alpha value is -0.550. The highest BCUT2D eigenvalue weighted by atomic mass is 79.9. The van der Waals surface area contributed by atoms with Crippen LogP contribution in [-0.4, -0.2) is 17.8 Å². The Morgan fingerprint density at radius 2 is 2.20 bits per heavy atom. The number of benzene rings is 1. The molecule has 0 saturated carbocycles. The molecule has 1 atom stereocenters. The Morgan fingerprint density at radius 3 is 2.73 bits per heavy atom. The summed E-state index contributed by atoms with van der Waals surface area (Å²) in [6.45, 7) is 1.77. The highest BCUT2D eigenvalue weighted by Gasteiger charge is 2.09. The van der Waals surface area contributed by atoms with Gasteiger partial charge in [-0.3, -0.25) is 4.79 Å². The van der Waals surface area contributed by atoms with Gasteiger partial charge in [0.25, 0.3) is 0 Å². The van der Waals surface area contributed by atoms with Crippen LogP contribution in [0.5, 0.6) is 5.75 Å². The van der Waals surface area contributed by atoms with Crippen molar-refractivity contribution < 1.29 is 9.53 Å². The van der Waals surface area contributed by atoms with E-state index in [1.807, 2.05) is 6.07 Å². The first-order valence-electron chi connectivity index (χ1n) is 4.33. The van der Waals surface area contributed by atoms with Crippen molar-refractivity contribution >= 4 is 43.5 Å². The zero-order chi connectivity index (χ0) is 11.4. The summed E-state index contributed by atoms with van der Waals surface area (Å²) in [6.07, 6.45) is 0. The van der Waals surface area contributed by atoms with Crippen LogP contribution in [0.2, 0.25) is 0 Å². The zero-order valence-electron chi connectivity index (χ0n) is 8.38. The lowest BCUT2D eigenvalue weighted by Crippen LogP contribution is -2.19. The van der Waals surface area contributed by atoms with E-state index in [4.69, 9.17) is 4.74 Å². The number of nitrogens with one attached hydrogen (secondary N) is 1. The number of halogens is 2. The number of hydrogen-bond acceptors (Lipinski definition) is 2. The van der Waals surface area contributed by atoms with Crippen molar-refractivity contribution in [3.63, 3.8) is 0 Å². The molecule has 0 aliphatic carbocycles. The van der Waals surface area contributed by atoms with E-state index >= 15 is 0 Å². The van der Waals surface area contributed by atoms with Gasteiger partial charge < -0.3 is 10.1 Å². The van der Waals surface area contributed by atoms with E-state index in [1.54, 1.807) is 26.2 Å². The van der Waals surface area contributed by atoms with E-state index in [0.717, 1.165) is 4.47 Å². The maximum Gasteiger partial charge on any atom is 0.237 e. The molecule has 1 amide bonds. The lowest BCUT2D eigenvalue weighted by atomic mass is 10.3. The van der Waals surface area contributed by atoms with Gasteiger partial charge in [-0.2, -0.15) is 0 Å². The van der Waals surface area contributed by atoms with Crippen molar-refractivity contribution in [3.05, 3.63) is 22.7 Å². The van der Waals surface area contributed by atoms with Crippen LogP contribution < -0.4 is 10.1 Å². The van der Waals surface area contributed by atoms with Crippen LogP contribution in [0.15, 0.2) is 22.7 Å². The summed E-state index contributed by atoms with van der Waals surface area (Å²) in [4.78, 5) is 11.2. The second-order valence-corrected chi connectivity index (χ2v) is 5.18. The van der Waals surface area contributed by atoms with Crippen LogP contribution in [-0.2, 0) is 4.79 Å². The van der Waals surface area contributed by atoms with Crippen molar-refractivity contribution in [2.75, 3.05) is 12.4 Å². The van der Waals surface area contributed by atoms with Crippen LogP contribution >= 0.6 is 31.9 Å². The molecule has 1 rings (SSSR count). The van der Waals surface area contributed by atoms with Gasteiger partial charge in [-0.25, -0.2) is 0 Å². The molecule has 0 heterocycles. The van der Waals surface area contributed by atoms with E-state index in [0.29, 0.717) is 11.4 Å². The molecule has 0 spiro atoms. The lowest BCUT2D eigenvalue weighted by Gasteiger charge is -2.09. The standard InChI is InChI=1S/C10H11Br2NO2/c1-6(11)10(14)13-7-3-4-8(12)9(5-7)15-2/h3-6H,1-2H3,(H,13,14). The Labute approximate surface area is 105 Å². The van der Waals surface area contributed by atoms with Gasteiger partial charge in [0.15, 0.2) is 0 Å². The second kappa shape index (κ2) is 5.51. The topological polar surface area (TPSA) is 38.3 Å². The summed E-state index contributed by atoms with van der Waals surface area (Å²) in [5.41, 5.74) is 0.714. The van der Waals surface area contributed by atoms with Crippen LogP contribution in [0, 0.1) is 0 Å². The van der Waals surface area contributed by atoms with Gasteiger partial charge in [0.1, 0.15) is 5.75 Å². The fourth-order valence-corrected chi connectivity index (χ4v) is 1.50. The van der Waals surface area contributed by atoms with Crippen molar-refractivity contribution in [1.82, 2.24) is 0 Å². The normalized spacial score (nSPS) is 12.0.